The summed E-state index contributed by atoms with van der Waals surface area (Å²) in [4.78, 5) is 23.8. The third kappa shape index (κ3) is 4.75. The second-order valence-corrected chi connectivity index (χ2v) is 5.20. The van der Waals surface area contributed by atoms with Crippen LogP contribution in [0.5, 0.6) is 5.75 Å². The van der Waals surface area contributed by atoms with Gasteiger partial charge in [-0.2, -0.15) is 0 Å². The average Bonchev–Trinajstić information content (AvgIpc) is 3.07. The molecule has 1 aromatic heterocycles. The number of carbonyl (C=O) groups excluding carboxylic acids is 2. The number of benzene rings is 1. The SMILES string of the molecule is CCOc1ccc(/C=C/C(=O)NNC(=O)c2cccs2)cc1. The van der Waals surface area contributed by atoms with Crippen molar-refractivity contribution < 1.29 is 14.3 Å². The minimum atomic E-state index is -0.404. The molecule has 0 radical (unpaired) electrons. The van der Waals surface area contributed by atoms with Gasteiger partial charge in [0.15, 0.2) is 0 Å². The maximum absolute atomic E-state index is 11.6. The minimum Gasteiger partial charge on any atom is -0.494 e. The molecule has 2 rings (SSSR count). The van der Waals surface area contributed by atoms with Gasteiger partial charge < -0.3 is 4.74 Å². The van der Waals surface area contributed by atoms with Gasteiger partial charge >= 0.3 is 0 Å². The highest BCUT2D eigenvalue weighted by Gasteiger charge is 2.06. The van der Waals surface area contributed by atoms with E-state index in [0.717, 1.165) is 11.3 Å². The summed E-state index contributed by atoms with van der Waals surface area (Å²) in [6.07, 6.45) is 3.01. The van der Waals surface area contributed by atoms with Gasteiger partial charge in [0, 0.05) is 6.08 Å². The van der Waals surface area contributed by atoms with Gasteiger partial charge in [0.1, 0.15) is 5.75 Å². The maximum atomic E-state index is 11.6. The van der Waals surface area contributed by atoms with Crippen molar-refractivity contribution in [2.45, 2.75) is 6.92 Å². The number of hydrazine groups is 1. The van der Waals surface area contributed by atoms with E-state index in [-0.39, 0.29) is 5.91 Å². The first-order valence-electron chi connectivity index (χ1n) is 6.74. The van der Waals surface area contributed by atoms with Crippen molar-refractivity contribution in [3.05, 3.63) is 58.3 Å². The molecule has 0 spiro atoms. The van der Waals surface area contributed by atoms with E-state index in [4.69, 9.17) is 4.74 Å². The minimum absolute atomic E-state index is 0.335. The zero-order chi connectivity index (χ0) is 15.8. The molecule has 0 saturated carbocycles. The van der Waals surface area contributed by atoms with Crippen molar-refractivity contribution in [1.82, 2.24) is 10.9 Å². The Bertz CT molecular complexity index is 649. The van der Waals surface area contributed by atoms with Crippen molar-refractivity contribution in [2.75, 3.05) is 6.61 Å². The molecule has 0 aliphatic rings. The molecular weight excluding hydrogens is 300 g/mol. The van der Waals surface area contributed by atoms with Gasteiger partial charge in [-0.25, -0.2) is 0 Å². The number of hydrogen-bond acceptors (Lipinski definition) is 4. The molecule has 0 saturated heterocycles. The summed E-state index contributed by atoms with van der Waals surface area (Å²) < 4.78 is 5.34. The zero-order valence-electron chi connectivity index (χ0n) is 12.0. The van der Waals surface area contributed by atoms with Crippen LogP contribution in [0.1, 0.15) is 22.2 Å². The van der Waals surface area contributed by atoms with Gasteiger partial charge in [-0.15, -0.1) is 11.3 Å². The van der Waals surface area contributed by atoms with E-state index in [1.54, 1.807) is 23.6 Å². The molecule has 2 amide bonds. The van der Waals surface area contributed by atoms with Gasteiger partial charge in [-0.05, 0) is 42.1 Å². The predicted octanol–water partition coefficient (Wildman–Crippen LogP) is 2.62. The normalized spacial score (nSPS) is 10.4. The molecule has 0 aliphatic heterocycles. The Balaban J connectivity index is 1.82. The molecule has 6 heteroatoms. The number of nitrogens with one attached hydrogen (secondary N) is 2. The Labute approximate surface area is 132 Å². The lowest BCUT2D eigenvalue weighted by molar-refractivity contribution is -0.117. The molecule has 2 N–H and O–H groups in total. The Kier molecular flexibility index (Phi) is 5.73. The molecule has 0 bridgehead atoms. The number of amides is 2. The van der Waals surface area contributed by atoms with E-state index in [0.29, 0.717) is 11.5 Å². The number of hydrogen-bond donors (Lipinski definition) is 2. The van der Waals surface area contributed by atoms with Crippen molar-refractivity contribution in [2.24, 2.45) is 0 Å². The average molecular weight is 316 g/mol. The zero-order valence-corrected chi connectivity index (χ0v) is 12.9. The predicted molar refractivity (Wildman–Crippen MR) is 86.6 cm³/mol. The Hall–Kier alpha value is -2.60. The molecule has 22 heavy (non-hydrogen) atoms. The van der Waals surface area contributed by atoms with Gasteiger partial charge in [0.25, 0.3) is 11.8 Å². The van der Waals surface area contributed by atoms with Crippen LogP contribution in [0.2, 0.25) is 0 Å². The highest BCUT2D eigenvalue weighted by Crippen LogP contribution is 2.12. The van der Waals surface area contributed by atoms with Crippen LogP contribution < -0.4 is 15.6 Å². The molecule has 0 unspecified atom stereocenters. The maximum Gasteiger partial charge on any atom is 0.279 e. The first-order valence-corrected chi connectivity index (χ1v) is 7.62. The Morgan fingerprint density at radius 2 is 1.95 bits per heavy atom. The van der Waals surface area contributed by atoms with Crippen molar-refractivity contribution in [1.29, 1.82) is 0 Å². The molecule has 1 heterocycles. The second-order valence-electron chi connectivity index (χ2n) is 4.26. The number of ether oxygens (including phenoxy) is 1. The lowest BCUT2D eigenvalue weighted by atomic mass is 10.2. The summed E-state index contributed by atoms with van der Waals surface area (Å²) in [5.41, 5.74) is 5.54. The van der Waals surface area contributed by atoms with Crippen LogP contribution in [0.3, 0.4) is 0 Å². The summed E-state index contributed by atoms with van der Waals surface area (Å²) in [5, 5.41) is 1.79. The Morgan fingerprint density at radius 3 is 2.59 bits per heavy atom. The van der Waals surface area contributed by atoms with E-state index in [9.17, 15) is 9.59 Å². The van der Waals surface area contributed by atoms with Crippen LogP contribution in [0.15, 0.2) is 47.9 Å². The number of thiophene rings is 1. The van der Waals surface area contributed by atoms with Crippen molar-refractivity contribution in [3.63, 3.8) is 0 Å². The van der Waals surface area contributed by atoms with Crippen molar-refractivity contribution in [3.8, 4) is 5.75 Å². The molecule has 114 valence electrons. The fourth-order valence-corrected chi connectivity index (χ4v) is 2.26. The van der Waals surface area contributed by atoms with E-state index in [1.807, 2.05) is 31.2 Å². The van der Waals surface area contributed by atoms with Crippen LogP contribution >= 0.6 is 11.3 Å². The van der Waals surface area contributed by atoms with Crippen LogP contribution in [-0.4, -0.2) is 18.4 Å². The molecule has 1 aromatic carbocycles. The number of carbonyl (C=O) groups is 2. The third-order valence-corrected chi connectivity index (χ3v) is 3.53. The summed E-state index contributed by atoms with van der Waals surface area (Å²) in [7, 11) is 0. The van der Waals surface area contributed by atoms with Crippen molar-refractivity contribution >= 4 is 29.2 Å². The molecule has 0 atom stereocenters. The van der Waals surface area contributed by atoms with Crippen LogP contribution in [0.25, 0.3) is 6.08 Å². The highest BCUT2D eigenvalue weighted by atomic mass is 32.1. The molecule has 2 aromatic rings. The van der Waals surface area contributed by atoms with E-state index < -0.39 is 5.91 Å². The topological polar surface area (TPSA) is 67.4 Å². The third-order valence-electron chi connectivity index (χ3n) is 2.66. The first kappa shape index (κ1) is 15.8. The van der Waals surface area contributed by atoms with E-state index in [1.165, 1.54) is 17.4 Å². The number of rotatable bonds is 5. The van der Waals surface area contributed by atoms with E-state index in [2.05, 4.69) is 10.9 Å². The monoisotopic (exact) mass is 316 g/mol. The van der Waals surface area contributed by atoms with Gasteiger partial charge in [-0.1, -0.05) is 18.2 Å². The largest absolute Gasteiger partial charge is 0.494 e. The molecular formula is C16H16N2O3S. The highest BCUT2D eigenvalue weighted by molar-refractivity contribution is 7.12. The van der Waals surface area contributed by atoms with Gasteiger partial charge in [-0.3, -0.25) is 20.4 Å². The molecule has 0 aliphatic carbocycles. The quantitative estimate of drug-likeness (QED) is 0.658. The lowest BCUT2D eigenvalue weighted by Gasteiger charge is -2.03. The molecule has 0 fully saturated rings. The summed E-state index contributed by atoms with van der Waals surface area (Å²) in [6, 6.07) is 10.8. The fraction of sp³-hybridized carbons (Fsp3) is 0.125. The summed E-state index contributed by atoms with van der Waals surface area (Å²) >= 11 is 1.30. The lowest BCUT2D eigenvalue weighted by Crippen LogP contribution is -2.40. The van der Waals surface area contributed by atoms with Crippen LogP contribution in [0.4, 0.5) is 0 Å². The standard InChI is InChI=1S/C16H16N2O3S/c1-2-21-13-8-5-12(6-9-13)7-10-15(19)17-18-16(20)14-4-3-11-22-14/h3-11H,2H2,1H3,(H,17,19)(H,18,20)/b10-7+. The van der Waals surface area contributed by atoms with Crippen LogP contribution in [-0.2, 0) is 4.79 Å². The van der Waals surface area contributed by atoms with E-state index >= 15 is 0 Å². The fourth-order valence-electron chi connectivity index (χ4n) is 1.64. The van der Waals surface area contributed by atoms with Gasteiger partial charge in [0.05, 0.1) is 11.5 Å². The summed E-state index contributed by atoms with van der Waals surface area (Å²) in [6.45, 7) is 2.53. The molecule has 5 nitrogen and oxygen atoms in total. The smallest absolute Gasteiger partial charge is 0.279 e. The Morgan fingerprint density at radius 1 is 1.18 bits per heavy atom. The van der Waals surface area contributed by atoms with Crippen LogP contribution in [0, 0.1) is 0 Å². The second kappa shape index (κ2) is 7.99. The summed E-state index contributed by atoms with van der Waals surface area (Å²) in [5.74, 6) is 0.0453. The van der Waals surface area contributed by atoms with Gasteiger partial charge in [0.2, 0.25) is 0 Å². The first-order chi connectivity index (χ1) is 10.7.